The van der Waals surface area contributed by atoms with Gasteiger partial charge in [-0.15, -0.1) is 0 Å². The molecule has 7 nitrogen and oxygen atoms in total. The Labute approximate surface area is 186 Å². The zero-order valence-corrected chi connectivity index (χ0v) is 18.0. The molecular weight excluding hydrogens is 404 g/mol. The molecule has 32 heavy (non-hydrogen) atoms. The van der Waals surface area contributed by atoms with Gasteiger partial charge in [0.2, 0.25) is 0 Å². The minimum atomic E-state index is -0.379. The van der Waals surface area contributed by atoms with Crippen molar-refractivity contribution in [3.63, 3.8) is 0 Å². The first-order valence-electron chi connectivity index (χ1n) is 10.5. The highest BCUT2D eigenvalue weighted by Crippen LogP contribution is 2.25. The minimum Gasteiger partial charge on any atom is -0.507 e. The van der Waals surface area contributed by atoms with E-state index in [-0.39, 0.29) is 17.4 Å². The van der Waals surface area contributed by atoms with Crippen LogP contribution in [0, 0.1) is 0 Å². The van der Waals surface area contributed by atoms with Gasteiger partial charge in [-0.3, -0.25) is 4.79 Å². The molecule has 0 bridgehead atoms. The van der Waals surface area contributed by atoms with Crippen LogP contribution in [-0.4, -0.2) is 41.2 Å². The van der Waals surface area contributed by atoms with Gasteiger partial charge in [0, 0.05) is 36.0 Å². The summed E-state index contributed by atoms with van der Waals surface area (Å²) < 4.78 is 5.33. The van der Waals surface area contributed by atoms with Crippen molar-refractivity contribution in [2.45, 2.75) is 13.8 Å². The number of hydrazone groups is 1. The third kappa shape index (κ3) is 4.32. The fourth-order valence-electron chi connectivity index (χ4n) is 3.45. The van der Waals surface area contributed by atoms with E-state index in [1.165, 1.54) is 17.5 Å². The highest BCUT2D eigenvalue weighted by molar-refractivity contribution is 6.19. The Morgan fingerprint density at radius 3 is 2.56 bits per heavy atom. The number of hydrogen-bond acceptors (Lipinski definition) is 6. The molecule has 0 saturated carbocycles. The van der Waals surface area contributed by atoms with Crippen molar-refractivity contribution in [3.05, 3.63) is 89.5 Å². The first-order chi connectivity index (χ1) is 15.6. The molecule has 7 heteroatoms. The lowest BCUT2D eigenvalue weighted by atomic mass is 10.1. The van der Waals surface area contributed by atoms with Crippen LogP contribution in [0.3, 0.4) is 0 Å². The highest BCUT2D eigenvalue weighted by atomic mass is 16.3. The van der Waals surface area contributed by atoms with Gasteiger partial charge in [-0.2, -0.15) is 10.1 Å². The van der Waals surface area contributed by atoms with Crippen LogP contribution in [0.15, 0.2) is 87.1 Å². The van der Waals surface area contributed by atoms with Gasteiger partial charge in [0.25, 0.3) is 5.91 Å². The summed E-state index contributed by atoms with van der Waals surface area (Å²) in [6.45, 7) is 5.83. The Kier molecular flexibility index (Phi) is 6.17. The van der Waals surface area contributed by atoms with E-state index in [0.29, 0.717) is 17.2 Å². The Balaban J connectivity index is 1.70. The Morgan fingerprint density at radius 2 is 1.88 bits per heavy atom. The largest absolute Gasteiger partial charge is 0.507 e. The van der Waals surface area contributed by atoms with Crippen LogP contribution in [0.1, 0.15) is 30.7 Å². The van der Waals surface area contributed by atoms with Crippen LogP contribution in [0.5, 0.6) is 5.75 Å². The number of phenols is 1. The SMILES string of the molecule is CCN(CC)c1ccc(O)c(/C=N/N2C(=O)C(=Cc3ccco3)N=C2c2ccccc2)c1. The van der Waals surface area contributed by atoms with Gasteiger partial charge >= 0.3 is 0 Å². The molecule has 1 aromatic heterocycles. The molecule has 1 aliphatic heterocycles. The molecule has 4 rings (SSSR count). The van der Waals surface area contributed by atoms with E-state index < -0.39 is 0 Å². The zero-order valence-electron chi connectivity index (χ0n) is 18.0. The zero-order chi connectivity index (χ0) is 22.5. The predicted molar refractivity (Wildman–Crippen MR) is 126 cm³/mol. The summed E-state index contributed by atoms with van der Waals surface area (Å²) in [7, 11) is 0. The van der Waals surface area contributed by atoms with E-state index in [1.807, 2.05) is 42.5 Å². The van der Waals surface area contributed by atoms with E-state index >= 15 is 0 Å². The number of nitrogens with zero attached hydrogens (tertiary/aromatic N) is 4. The van der Waals surface area contributed by atoms with E-state index in [4.69, 9.17) is 4.42 Å². The molecule has 1 N–H and O–H groups in total. The average molecular weight is 428 g/mol. The van der Waals surface area contributed by atoms with E-state index in [2.05, 4.69) is 28.8 Å². The second-order valence-electron chi connectivity index (χ2n) is 7.12. The number of carbonyl (C=O) groups excluding carboxylic acids is 1. The van der Waals surface area contributed by atoms with Crippen molar-refractivity contribution in [2.24, 2.45) is 10.1 Å². The number of amides is 1. The predicted octanol–water partition coefficient (Wildman–Crippen LogP) is 4.50. The number of hydrogen-bond donors (Lipinski definition) is 1. The number of aromatic hydroxyl groups is 1. The summed E-state index contributed by atoms with van der Waals surface area (Å²) in [5, 5.41) is 16.0. The monoisotopic (exact) mass is 428 g/mol. The fourth-order valence-corrected chi connectivity index (χ4v) is 3.45. The second-order valence-corrected chi connectivity index (χ2v) is 7.12. The standard InChI is InChI=1S/C25H24N4O3/c1-3-28(4-2)20-12-13-23(30)19(15-20)17-26-29-24(18-9-6-5-7-10-18)27-22(25(29)31)16-21-11-8-14-32-21/h5-17,30H,3-4H2,1-2H3/b22-16?,26-17+. The number of furan rings is 1. The molecular formula is C25H24N4O3. The summed E-state index contributed by atoms with van der Waals surface area (Å²) in [6.07, 6.45) is 4.60. The minimum absolute atomic E-state index is 0.0841. The van der Waals surface area contributed by atoms with Gasteiger partial charge in [-0.25, -0.2) is 4.99 Å². The topological polar surface area (TPSA) is 81.6 Å². The van der Waals surface area contributed by atoms with Crippen molar-refractivity contribution in [2.75, 3.05) is 18.0 Å². The van der Waals surface area contributed by atoms with Gasteiger partial charge in [0.15, 0.2) is 5.84 Å². The van der Waals surface area contributed by atoms with E-state index in [0.717, 1.165) is 24.3 Å². The molecule has 0 atom stereocenters. The molecule has 0 spiro atoms. The summed E-state index contributed by atoms with van der Waals surface area (Å²) in [5.74, 6) is 0.640. The van der Waals surface area contributed by atoms with Gasteiger partial charge in [-0.05, 0) is 44.2 Å². The van der Waals surface area contributed by atoms with Gasteiger partial charge in [0.05, 0.1) is 12.5 Å². The third-order valence-corrected chi connectivity index (χ3v) is 5.14. The van der Waals surface area contributed by atoms with Gasteiger partial charge in [-0.1, -0.05) is 30.3 Å². The molecule has 0 unspecified atom stereocenters. The third-order valence-electron chi connectivity index (χ3n) is 5.14. The molecule has 0 saturated heterocycles. The smallest absolute Gasteiger partial charge is 0.298 e. The summed E-state index contributed by atoms with van der Waals surface area (Å²) in [5.41, 5.74) is 2.45. The van der Waals surface area contributed by atoms with Crippen LogP contribution in [0.4, 0.5) is 5.69 Å². The van der Waals surface area contributed by atoms with Gasteiger partial charge in [0.1, 0.15) is 17.2 Å². The maximum atomic E-state index is 13.1. The Bertz CT molecular complexity index is 1180. The number of benzene rings is 2. The Morgan fingerprint density at radius 1 is 1.09 bits per heavy atom. The van der Waals surface area contributed by atoms with Crippen LogP contribution in [-0.2, 0) is 4.79 Å². The van der Waals surface area contributed by atoms with Crippen LogP contribution < -0.4 is 4.90 Å². The van der Waals surface area contributed by atoms with Gasteiger partial charge < -0.3 is 14.4 Å². The second kappa shape index (κ2) is 9.34. The first-order valence-corrected chi connectivity index (χ1v) is 10.5. The molecule has 162 valence electrons. The van der Waals surface area contributed by atoms with Crippen LogP contribution >= 0.6 is 0 Å². The Hall–Kier alpha value is -4.13. The van der Waals surface area contributed by atoms with Crippen molar-refractivity contribution >= 4 is 29.7 Å². The van der Waals surface area contributed by atoms with E-state index in [9.17, 15) is 9.90 Å². The highest BCUT2D eigenvalue weighted by Gasteiger charge is 2.31. The van der Waals surface area contributed by atoms with Crippen LogP contribution in [0.25, 0.3) is 6.08 Å². The van der Waals surface area contributed by atoms with Crippen LogP contribution in [0.2, 0.25) is 0 Å². The summed E-state index contributed by atoms with van der Waals surface area (Å²) in [6, 6.07) is 18.2. The lowest BCUT2D eigenvalue weighted by Crippen LogP contribution is -2.27. The molecule has 3 aromatic rings. The number of phenolic OH excluding ortho intramolecular Hbond substituents is 1. The first kappa shape index (κ1) is 21.1. The van der Waals surface area contributed by atoms with Crippen molar-refractivity contribution in [1.82, 2.24) is 5.01 Å². The molecule has 2 heterocycles. The molecule has 2 aromatic carbocycles. The molecule has 0 radical (unpaired) electrons. The number of carbonyl (C=O) groups is 1. The lowest BCUT2D eigenvalue weighted by Gasteiger charge is -2.21. The summed E-state index contributed by atoms with van der Waals surface area (Å²) in [4.78, 5) is 19.8. The molecule has 1 aliphatic rings. The average Bonchev–Trinajstić information content (AvgIpc) is 3.44. The van der Waals surface area contributed by atoms with Crippen molar-refractivity contribution in [3.8, 4) is 5.75 Å². The summed E-state index contributed by atoms with van der Waals surface area (Å²) >= 11 is 0. The lowest BCUT2D eigenvalue weighted by molar-refractivity contribution is -0.122. The maximum absolute atomic E-state index is 13.1. The molecule has 0 aliphatic carbocycles. The van der Waals surface area contributed by atoms with Crippen molar-refractivity contribution < 1.29 is 14.3 Å². The molecule has 0 fully saturated rings. The maximum Gasteiger partial charge on any atom is 0.298 e. The van der Waals surface area contributed by atoms with E-state index in [1.54, 1.807) is 24.3 Å². The van der Waals surface area contributed by atoms with Crippen molar-refractivity contribution in [1.29, 1.82) is 0 Å². The fraction of sp³-hybridized carbons (Fsp3) is 0.160. The quantitative estimate of drug-likeness (QED) is 0.444. The normalized spacial score (nSPS) is 15.1. The number of aliphatic imine (C=N–C) groups is 1. The molecule has 1 amide bonds. The number of amidine groups is 1. The number of anilines is 1. The number of rotatable bonds is 7.